The van der Waals surface area contributed by atoms with Crippen LogP contribution in [-0.2, 0) is 27.2 Å². The summed E-state index contributed by atoms with van der Waals surface area (Å²) in [5.74, 6) is -1.03. The van der Waals surface area contributed by atoms with Gasteiger partial charge in [-0.15, -0.1) is 23.1 Å². The lowest BCUT2D eigenvalue weighted by Crippen LogP contribution is -2.39. The molecule has 0 saturated heterocycles. The minimum absolute atomic E-state index is 0.205. The van der Waals surface area contributed by atoms with Gasteiger partial charge in [0.25, 0.3) is 5.91 Å². The van der Waals surface area contributed by atoms with Crippen molar-refractivity contribution in [3.63, 3.8) is 0 Å². The number of aryl methyl sites for hydroxylation is 1. The highest BCUT2D eigenvalue weighted by molar-refractivity contribution is 8.00. The molecular formula is C31H35N3O6S2. The number of amides is 3. The third-order valence-electron chi connectivity index (χ3n) is 6.50. The van der Waals surface area contributed by atoms with Gasteiger partial charge in [-0.05, 0) is 76.4 Å². The van der Waals surface area contributed by atoms with E-state index in [1.54, 1.807) is 24.0 Å². The molecule has 1 aromatic heterocycles. The van der Waals surface area contributed by atoms with Crippen molar-refractivity contribution in [3.05, 3.63) is 75.7 Å². The van der Waals surface area contributed by atoms with E-state index < -0.39 is 22.9 Å². The SMILES string of the molecule is COC(=O)c1c(NC(=O)C(C)Sc2cccc(NC(=O)c3ccccc3C)c2)sc2c1CCN(C(=O)OC(C)(C)C)C2. The van der Waals surface area contributed by atoms with Gasteiger partial charge >= 0.3 is 12.1 Å². The van der Waals surface area contributed by atoms with Crippen molar-refractivity contribution in [1.82, 2.24) is 4.90 Å². The molecule has 0 bridgehead atoms. The van der Waals surface area contributed by atoms with Gasteiger partial charge in [-0.3, -0.25) is 9.59 Å². The Balaban J connectivity index is 1.45. The van der Waals surface area contributed by atoms with Crippen LogP contribution in [0.25, 0.3) is 0 Å². The van der Waals surface area contributed by atoms with Crippen LogP contribution >= 0.6 is 23.1 Å². The van der Waals surface area contributed by atoms with Crippen molar-refractivity contribution in [2.75, 3.05) is 24.3 Å². The molecule has 42 heavy (non-hydrogen) atoms. The number of rotatable bonds is 7. The molecule has 3 aromatic rings. The molecule has 1 unspecified atom stereocenters. The van der Waals surface area contributed by atoms with Crippen LogP contribution in [0.1, 0.15) is 64.4 Å². The number of benzene rings is 2. The number of anilines is 2. The first kappa shape index (κ1) is 31.1. The Morgan fingerprint density at radius 2 is 1.79 bits per heavy atom. The summed E-state index contributed by atoms with van der Waals surface area (Å²) in [4.78, 5) is 54.6. The van der Waals surface area contributed by atoms with Gasteiger partial charge in [-0.25, -0.2) is 9.59 Å². The molecule has 222 valence electrons. The minimum atomic E-state index is -0.622. The van der Waals surface area contributed by atoms with E-state index in [-0.39, 0.29) is 18.4 Å². The van der Waals surface area contributed by atoms with Crippen LogP contribution in [0.15, 0.2) is 53.4 Å². The molecule has 0 aliphatic carbocycles. The topological polar surface area (TPSA) is 114 Å². The Kier molecular flexibility index (Phi) is 9.63. The Labute approximate surface area is 254 Å². The first-order valence-electron chi connectivity index (χ1n) is 13.5. The first-order valence-corrected chi connectivity index (χ1v) is 15.2. The van der Waals surface area contributed by atoms with Gasteiger partial charge in [0, 0.05) is 27.6 Å². The van der Waals surface area contributed by atoms with Gasteiger partial charge in [-0.2, -0.15) is 0 Å². The predicted octanol–water partition coefficient (Wildman–Crippen LogP) is 6.51. The van der Waals surface area contributed by atoms with E-state index >= 15 is 0 Å². The molecule has 2 heterocycles. The molecule has 11 heteroatoms. The fraction of sp³-hybridized carbons (Fsp3) is 0.355. The van der Waals surface area contributed by atoms with E-state index in [1.807, 2.05) is 64.1 Å². The summed E-state index contributed by atoms with van der Waals surface area (Å²) in [6.07, 6.45) is 0.0190. The van der Waals surface area contributed by atoms with Crippen LogP contribution in [0, 0.1) is 6.92 Å². The number of nitrogens with zero attached hydrogens (tertiary/aromatic N) is 1. The van der Waals surface area contributed by atoms with Crippen molar-refractivity contribution < 1.29 is 28.7 Å². The first-order chi connectivity index (χ1) is 19.9. The summed E-state index contributed by atoms with van der Waals surface area (Å²) in [5, 5.41) is 5.71. The van der Waals surface area contributed by atoms with Crippen LogP contribution in [-0.4, -0.2) is 53.3 Å². The quantitative estimate of drug-likeness (QED) is 0.232. The summed E-state index contributed by atoms with van der Waals surface area (Å²) >= 11 is 2.60. The second-order valence-corrected chi connectivity index (χ2v) is 13.4. The van der Waals surface area contributed by atoms with Crippen molar-refractivity contribution in [1.29, 1.82) is 0 Å². The molecule has 1 aliphatic rings. The third-order valence-corrected chi connectivity index (χ3v) is 8.72. The zero-order valence-corrected chi connectivity index (χ0v) is 26.2. The predicted molar refractivity (Wildman–Crippen MR) is 166 cm³/mol. The zero-order valence-electron chi connectivity index (χ0n) is 24.5. The second-order valence-electron chi connectivity index (χ2n) is 10.9. The number of fused-ring (bicyclic) bond motifs is 1. The highest BCUT2D eigenvalue weighted by Gasteiger charge is 2.33. The average Bonchev–Trinajstić information content (AvgIpc) is 3.29. The molecule has 1 aliphatic heterocycles. The summed E-state index contributed by atoms with van der Waals surface area (Å²) in [6.45, 7) is 9.75. The van der Waals surface area contributed by atoms with Gasteiger partial charge in [0.15, 0.2) is 0 Å². The number of esters is 1. The summed E-state index contributed by atoms with van der Waals surface area (Å²) < 4.78 is 10.5. The fourth-order valence-corrected chi connectivity index (χ4v) is 6.62. The Morgan fingerprint density at radius 3 is 2.48 bits per heavy atom. The summed E-state index contributed by atoms with van der Waals surface area (Å²) in [5.41, 5.74) is 2.58. The van der Waals surface area contributed by atoms with Gasteiger partial charge in [0.2, 0.25) is 5.91 Å². The van der Waals surface area contributed by atoms with Crippen LogP contribution < -0.4 is 10.6 Å². The second kappa shape index (κ2) is 13.0. The van der Waals surface area contributed by atoms with Crippen LogP contribution in [0.5, 0.6) is 0 Å². The molecule has 0 radical (unpaired) electrons. The lowest BCUT2D eigenvalue weighted by Gasteiger charge is -2.30. The maximum Gasteiger partial charge on any atom is 0.410 e. The lowest BCUT2D eigenvalue weighted by atomic mass is 10.0. The largest absolute Gasteiger partial charge is 0.465 e. The molecule has 4 rings (SSSR count). The Bertz CT molecular complexity index is 1510. The number of hydrogen-bond acceptors (Lipinski definition) is 8. The standard InChI is InChI=1S/C31H35N3O6S2/c1-18-10-7-8-13-22(18)27(36)32-20-11-9-12-21(16-20)41-19(2)26(35)33-28-25(29(37)39-6)23-14-15-34(17-24(23)42-28)30(38)40-31(3,4)5/h7-13,16,19H,14-15,17H2,1-6H3,(H,32,36)(H,33,35). The van der Waals surface area contributed by atoms with Crippen molar-refractivity contribution in [2.45, 2.75) is 63.3 Å². The monoisotopic (exact) mass is 609 g/mol. The molecule has 2 aromatic carbocycles. The maximum atomic E-state index is 13.3. The minimum Gasteiger partial charge on any atom is -0.465 e. The van der Waals surface area contributed by atoms with Gasteiger partial charge in [0.1, 0.15) is 10.6 Å². The van der Waals surface area contributed by atoms with Crippen molar-refractivity contribution in [2.24, 2.45) is 0 Å². The number of hydrogen-bond donors (Lipinski definition) is 2. The van der Waals surface area contributed by atoms with Crippen molar-refractivity contribution in [3.8, 4) is 0 Å². The van der Waals surface area contributed by atoms with Gasteiger partial charge in [-0.1, -0.05) is 24.3 Å². The van der Waals surface area contributed by atoms with Crippen LogP contribution in [0.4, 0.5) is 15.5 Å². The Morgan fingerprint density at radius 1 is 1.05 bits per heavy atom. The van der Waals surface area contributed by atoms with Crippen molar-refractivity contribution >= 4 is 57.7 Å². The van der Waals surface area contributed by atoms with E-state index in [0.717, 1.165) is 20.9 Å². The van der Waals surface area contributed by atoms with E-state index in [2.05, 4.69) is 10.6 Å². The number of thioether (sulfide) groups is 1. The molecule has 9 nitrogen and oxygen atoms in total. The summed E-state index contributed by atoms with van der Waals surface area (Å²) in [7, 11) is 1.30. The van der Waals surface area contributed by atoms with Crippen LogP contribution in [0.3, 0.4) is 0 Å². The van der Waals surface area contributed by atoms with E-state index in [0.29, 0.717) is 34.8 Å². The number of methoxy groups -OCH3 is 1. The third kappa shape index (κ3) is 7.51. The fourth-order valence-electron chi connectivity index (χ4n) is 4.44. The van der Waals surface area contributed by atoms with Crippen LogP contribution in [0.2, 0.25) is 0 Å². The number of nitrogens with one attached hydrogen (secondary N) is 2. The lowest BCUT2D eigenvalue weighted by molar-refractivity contribution is -0.115. The molecule has 0 spiro atoms. The molecule has 1 atom stereocenters. The Hall–Kier alpha value is -3.83. The molecule has 3 amide bonds. The number of carbonyl (C=O) groups is 4. The van der Waals surface area contributed by atoms with Gasteiger partial charge in [0.05, 0.1) is 24.5 Å². The molecule has 0 fully saturated rings. The highest BCUT2D eigenvalue weighted by Crippen LogP contribution is 2.38. The molecular weight excluding hydrogens is 574 g/mol. The van der Waals surface area contributed by atoms with E-state index in [9.17, 15) is 19.2 Å². The number of ether oxygens (including phenoxy) is 2. The van der Waals surface area contributed by atoms with E-state index in [4.69, 9.17) is 9.47 Å². The summed E-state index contributed by atoms with van der Waals surface area (Å²) in [6, 6.07) is 14.7. The van der Waals surface area contributed by atoms with E-state index in [1.165, 1.54) is 30.2 Å². The molecule has 2 N–H and O–H groups in total. The normalized spacial score (nSPS) is 13.5. The number of carbonyl (C=O) groups excluding carboxylic acids is 4. The smallest absolute Gasteiger partial charge is 0.410 e. The maximum absolute atomic E-state index is 13.3. The average molecular weight is 610 g/mol. The van der Waals surface area contributed by atoms with Gasteiger partial charge < -0.3 is 25.0 Å². The zero-order chi connectivity index (χ0) is 30.6. The highest BCUT2D eigenvalue weighted by atomic mass is 32.2. The number of thiophene rings is 1. The molecule has 0 saturated carbocycles.